The number of carbonyl (C=O) groups is 1. The molecule has 0 atom stereocenters. The highest BCUT2D eigenvalue weighted by Crippen LogP contribution is 2.25. The molecule has 0 fully saturated rings. The molecule has 1 aromatic carbocycles. The van der Waals surface area contributed by atoms with Gasteiger partial charge in [0.2, 0.25) is 0 Å². The van der Waals surface area contributed by atoms with Crippen LogP contribution in [0.25, 0.3) is 0 Å². The molecule has 0 aliphatic rings. The van der Waals surface area contributed by atoms with Crippen LogP contribution in [0.4, 0.5) is 5.69 Å². The van der Waals surface area contributed by atoms with Crippen molar-refractivity contribution in [2.24, 2.45) is 0 Å². The van der Waals surface area contributed by atoms with Gasteiger partial charge in [0.05, 0.1) is 21.6 Å². The number of nitrogens with one attached hydrogen (secondary N) is 1. The molecule has 7 heteroatoms. The molecule has 0 aliphatic heterocycles. The number of rotatable bonds is 4. The summed E-state index contributed by atoms with van der Waals surface area (Å²) in [6, 6.07) is 7.97. The standard InChI is InChI=1S/C14H12BrN3O3/c1-9-3-2-6-16-12(9)8-17-14(19)10-4-5-11(15)13(7-10)18(20)21/h2-7H,8H2,1H3,(H,17,19). The summed E-state index contributed by atoms with van der Waals surface area (Å²) in [4.78, 5) is 26.5. The third kappa shape index (κ3) is 3.63. The Bertz CT molecular complexity index is 704. The van der Waals surface area contributed by atoms with E-state index in [0.717, 1.165) is 11.3 Å². The highest BCUT2D eigenvalue weighted by atomic mass is 79.9. The molecule has 0 radical (unpaired) electrons. The van der Waals surface area contributed by atoms with Crippen LogP contribution in [0.5, 0.6) is 0 Å². The van der Waals surface area contributed by atoms with Gasteiger partial charge in [-0.05, 0) is 46.6 Å². The lowest BCUT2D eigenvalue weighted by molar-refractivity contribution is -0.385. The molecule has 0 unspecified atom stereocenters. The lowest BCUT2D eigenvalue weighted by Gasteiger charge is -2.07. The molecule has 0 spiro atoms. The van der Waals surface area contributed by atoms with E-state index in [1.165, 1.54) is 18.2 Å². The van der Waals surface area contributed by atoms with Crippen LogP contribution in [0.15, 0.2) is 41.0 Å². The zero-order valence-corrected chi connectivity index (χ0v) is 12.8. The summed E-state index contributed by atoms with van der Waals surface area (Å²) in [5, 5.41) is 13.6. The van der Waals surface area contributed by atoms with Gasteiger partial charge in [-0.3, -0.25) is 19.9 Å². The summed E-state index contributed by atoms with van der Waals surface area (Å²) in [6.45, 7) is 2.17. The predicted molar refractivity (Wildman–Crippen MR) is 80.9 cm³/mol. The van der Waals surface area contributed by atoms with Gasteiger partial charge in [0.15, 0.2) is 0 Å². The molecule has 1 heterocycles. The topological polar surface area (TPSA) is 85.1 Å². The number of halogens is 1. The van der Waals surface area contributed by atoms with Crippen LogP contribution in [0.1, 0.15) is 21.6 Å². The SMILES string of the molecule is Cc1cccnc1CNC(=O)c1ccc(Br)c([N+](=O)[O-])c1. The van der Waals surface area contributed by atoms with E-state index in [1.807, 2.05) is 19.1 Å². The zero-order chi connectivity index (χ0) is 15.4. The van der Waals surface area contributed by atoms with Crippen molar-refractivity contribution in [1.82, 2.24) is 10.3 Å². The maximum absolute atomic E-state index is 12.0. The van der Waals surface area contributed by atoms with Gasteiger partial charge in [-0.2, -0.15) is 0 Å². The molecule has 0 saturated heterocycles. The van der Waals surface area contributed by atoms with E-state index in [1.54, 1.807) is 6.20 Å². The molecule has 1 aromatic heterocycles. The Hall–Kier alpha value is -2.28. The number of nitro groups is 1. The fourth-order valence-corrected chi connectivity index (χ4v) is 2.15. The van der Waals surface area contributed by atoms with Crippen molar-refractivity contribution in [2.45, 2.75) is 13.5 Å². The summed E-state index contributed by atoms with van der Waals surface area (Å²) < 4.78 is 0.338. The number of benzene rings is 1. The summed E-state index contributed by atoms with van der Waals surface area (Å²) in [5.41, 5.74) is 1.83. The normalized spacial score (nSPS) is 10.2. The molecule has 0 bridgehead atoms. The number of pyridine rings is 1. The molecule has 0 aliphatic carbocycles. The largest absolute Gasteiger partial charge is 0.346 e. The number of hydrogen-bond acceptors (Lipinski definition) is 4. The van der Waals surface area contributed by atoms with E-state index in [2.05, 4.69) is 26.2 Å². The second-order valence-electron chi connectivity index (χ2n) is 4.37. The second kappa shape index (κ2) is 6.45. The second-order valence-corrected chi connectivity index (χ2v) is 5.23. The molecule has 21 heavy (non-hydrogen) atoms. The molecule has 2 rings (SSSR count). The van der Waals surface area contributed by atoms with E-state index in [-0.39, 0.29) is 23.7 Å². The molecule has 0 saturated carbocycles. The van der Waals surface area contributed by atoms with Gasteiger partial charge in [-0.1, -0.05) is 6.07 Å². The maximum Gasteiger partial charge on any atom is 0.284 e. The Kier molecular flexibility index (Phi) is 4.64. The van der Waals surface area contributed by atoms with E-state index in [9.17, 15) is 14.9 Å². The van der Waals surface area contributed by atoms with Crippen molar-refractivity contribution in [2.75, 3.05) is 0 Å². The first-order valence-corrected chi connectivity index (χ1v) is 6.91. The van der Waals surface area contributed by atoms with Gasteiger partial charge in [0, 0.05) is 17.8 Å². The van der Waals surface area contributed by atoms with Crippen molar-refractivity contribution in [3.8, 4) is 0 Å². The number of nitro benzene ring substituents is 1. The van der Waals surface area contributed by atoms with Gasteiger partial charge >= 0.3 is 0 Å². The first-order chi connectivity index (χ1) is 9.99. The molecule has 1 N–H and O–H groups in total. The van der Waals surface area contributed by atoms with Crippen molar-refractivity contribution < 1.29 is 9.72 Å². The summed E-state index contributed by atoms with van der Waals surface area (Å²) in [6.07, 6.45) is 1.65. The number of carbonyl (C=O) groups excluding carboxylic acids is 1. The minimum atomic E-state index is -0.538. The Balaban J connectivity index is 2.12. The van der Waals surface area contributed by atoms with Gasteiger partial charge in [0.1, 0.15) is 0 Å². The molecular weight excluding hydrogens is 338 g/mol. The molecule has 2 aromatic rings. The first-order valence-electron chi connectivity index (χ1n) is 6.11. The molecular formula is C14H12BrN3O3. The number of aromatic nitrogens is 1. The summed E-state index contributed by atoms with van der Waals surface area (Å²) in [7, 11) is 0. The van der Waals surface area contributed by atoms with Crippen LogP contribution in [0.2, 0.25) is 0 Å². The smallest absolute Gasteiger partial charge is 0.284 e. The minimum absolute atomic E-state index is 0.142. The number of hydrogen-bond donors (Lipinski definition) is 1. The number of aryl methyl sites for hydroxylation is 1. The van der Waals surface area contributed by atoms with Crippen LogP contribution >= 0.6 is 15.9 Å². The third-order valence-corrected chi connectivity index (χ3v) is 3.61. The van der Waals surface area contributed by atoms with E-state index >= 15 is 0 Å². The fraction of sp³-hybridized carbons (Fsp3) is 0.143. The third-order valence-electron chi connectivity index (χ3n) is 2.94. The van der Waals surface area contributed by atoms with Crippen molar-refractivity contribution in [1.29, 1.82) is 0 Å². The van der Waals surface area contributed by atoms with Crippen molar-refractivity contribution in [3.63, 3.8) is 0 Å². The van der Waals surface area contributed by atoms with Crippen molar-refractivity contribution in [3.05, 3.63) is 67.9 Å². The Morgan fingerprint density at radius 3 is 2.86 bits per heavy atom. The highest BCUT2D eigenvalue weighted by molar-refractivity contribution is 9.10. The van der Waals surface area contributed by atoms with Crippen LogP contribution in [0.3, 0.4) is 0 Å². The molecule has 1 amide bonds. The highest BCUT2D eigenvalue weighted by Gasteiger charge is 2.16. The average Bonchev–Trinajstić information content (AvgIpc) is 2.46. The van der Waals surface area contributed by atoms with Gasteiger partial charge < -0.3 is 5.32 Å². The van der Waals surface area contributed by atoms with E-state index in [0.29, 0.717) is 4.47 Å². The van der Waals surface area contributed by atoms with E-state index < -0.39 is 4.92 Å². The molecule has 6 nitrogen and oxygen atoms in total. The van der Waals surface area contributed by atoms with Crippen molar-refractivity contribution >= 4 is 27.5 Å². The van der Waals surface area contributed by atoms with Crippen LogP contribution in [0, 0.1) is 17.0 Å². The average molecular weight is 350 g/mol. The van der Waals surface area contributed by atoms with E-state index in [4.69, 9.17) is 0 Å². The molecule has 108 valence electrons. The summed E-state index contributed by atoms with van der Waals surface area (Å²) >= 11 is 3.08. The Morgan fingerprint density at radius 1 is 1.43 bits per heavy atom. The van der Waals surface area contributed by atoms with Gasteiger partial charge in [-0.15, -0.1) is 0 Å². The van der Waals surface area contributed by atoms with Crippen LogP contribution < -0.4 is 5.32 Å². The van der Waals surface area contributed by atoms with Gasteiger partial charge in [-0.25, -0.2) is 0 Å². The Morgan fingerprint density at radius 2 is 2.19 bits per heavy atom. The number of nitrogens with zero attached hydrogens (tertiary/aromatic N) is 2. The summed E-state index contributed by atoms with van der Waals surface area (Å²) in [5.74, 6) is -0.379. The van der Waals surface area contributed by atoms with Gasteiger partial charge in [0.25, 0.3) is 11.6 Å². The minimum Gasteiger partial charge on any atom is -0.346 e. The predicted octanol–water partition coefficient (Wildman–Crippen LogP) is 2.99. The monoisotopic (exact) mass is 349 g/mol. The zero-order valence-electron chi connectivity index (χ0n) is 11.2. The first kappa shape index (κ1) is 15.1. The fourth-order valence-electron chi connectivity index (χ4n) is 1.76. The lowest BCUT2D eigenvalue weighted by Crippen LogP contribution is -2.23. The number of amides is 1. The lowest BCUT2D eigenvalue weighted by atomic mass is 10.1. The van der Waals surface area contributed by atoms with Crippen LogP contribution in [-0.2, 0) is 6.54 Å². The Labute approximate surface area is 129 Å². The van der Waals surface area contributed by atoms with Crippen LogP contribution in [-0.4, -0.2) is 15.8 Å². The maximum atomic E-state index is 12.0. The quantitative estimate of drug-likeness (QED) is 0.679.